The van der Waals surface area contributed by atoms with Crippen molar-refractivity contribution in [3.8, 4) is 22.3 Å². The molecule has 1 aromatic heterocycles. The fourth-order valence-corrected chi connectivity index (χ4v) is 11.1. The van der Waals surface area contributed by atoms with Crippen LogP contribution >= 0.6 is 11.3 Å². The van der Waals surface area contributed by atoms with Gasteiger partial charge in [-0.05, 0) is 85.3 Å². The maximum absolute atomic E-state index is 2.45. The average molecular weight is 601 g/mol. The van der Waals surface area contributed by atoms with Crippen LogP contribution in [0.3, 0.4) is 0 Å². The maximum atomic E-state index is 2.45. The minimum Gasteiger partial charge on any atom is -0.135 e. The minimum atomic E-state index is -0.456. The van der Waals surface area contributed by atoms with Gasteiger partial charge in [-0.2, -0.15) is 0 Å². The topological polar surface area (TPSA) is 0 Å². The molecule has 1 heterocycles. The van der Waals surface area contributed by atoms with E-state index in [1.165, 1.54) is 92.5 Å². The summed E-state index contributed by atoms with van der Waals surface area (Å²) < 4.78 is 2.75. The average Bonchev–Trinajstić information content (AvgIpc) is 3.74. The van der Waals surface area contributed by atoms with Crippen LogP contribution in [-0.4, -0.2) is 0 Å². The zero-order valence-corrected chi connectivity index (χ0v) is 26.2. The highest BCUT2D eigenvalue weighted by molar-refractivity contribution is 7.26. The lowest BCUT2D eigenvalue weighted by molar-refractivity contribution is 0.635. The highest BCUT2D eigenvalue weighted by Crippen LogP contribution is 2.68. The molecule has 0 unspecified atom stereocenters. The van der Waals surface area contributed by atoms with Gasteiger partial charge in [0.1, 0.15) is 0 Å². The number of benzene rings is 7. The van der Waals surface area contributed by atoms with Crippen LogP contribution in [0.4, 0.5) is 0 Å². The van der Waals surface area contributed by atoms with Gasteiger partial charge in [-0.15, -0.1) is 11.3 Å². The van der Waals surface area contributed by atoms with E-state index in [1.807, 2.05) is 11.3 Å². The van der Waals surface area contributed by atoms with Gasteiger partial charge in [0.05, 0.1) is 10.8 Å². The normalized spacial score (nSPS) is 15.4. The van der Waals surface area contributed by atoms with Crippen LogP contribution < -0.4 is 0 Å². The van der Waals surface area contributed by atoms with Gasteiger partial charge in [-0.3, -0.25) is 0 Å². The Morgan fingerprint density at radius 2 is 0.913 bits per heavy atom. The van der Waals surface area contributed by atoms with Crippen LogP contribution in [0.2, 0.25) is 0 Å². The van der Waals surface area contributed by atoms with Crippen LogP contribution in [-0.2, 0) is 10.8 Å². The van der Waals surface area contributed by atoms with Crippen LogP contribution in [0.5, 0.6) is 0 Å². The molecule has 11 rings (SSSR count). The Morgan fingerprint density at radius 1 is 0.391 bits per heavy atom. The largest absolute Gasteiger partial charge is 0.135 e. The van der Waals surface area contributed by atoms with E-state index in [2.05, 4.69) is 159 Å². The molecule has 0 radical (unpaired) electrons. The van der Waals surface area contributed by atoms with E-state index in [1.54, 1.807) is 0 Å². The molecule has 0 nitrogen and oxygen atoms in total. The second-order valence-electron chi connectivity index (χ2n) is 13.1. The summed E-state index contributed by atoms with van der Waals surface area (Å²) in [6.07, 6.45) is 0. The zero-order valence-electron chi connectivity index (χ0n) is 25.3. The van der Waals surface area contributed by atoms with Crippen molar-refractivity contribution in [3.63, 3.8) is 0 Å². The van der Waals surface area contributed by atoms with Crippen molar-refractivity contribution in [1.82, 2.24) is 0 Å². The Bertz CT molecular complexity index is 2520. The van der Waals surface area contributed by atoms with E-state index in [4.69, 9.17) is 0 Å². The first-order chi connectivity index (χ1) is 22.8. The van der Waals surface area contributed by atoms with Gasteiger partial charge in [0.25, 0.3) is 0 Å². The molecule has 0 aliphatic heterocycles. The second kappa shape index (κ2) is 8.51. The molecule has 8 aromatic rings. The van der Waals surface area contributed by atoms with Crippen molar-refractivity contribution < 1.29 is 0 Å². The Balaban J connectivity index is 1.40. The Labute approximate surface area is 272 Å². The molecule has 0 atom stereocenters. The lowest BCUT2D eigenvalue weighted by Gasteiger charge is -2.49. The van der Waals surface area contributed by atoms with Gasteiger partial charge < -0.3 is 0 Å². The smallest absolute Gasteiger partial charge is 0.0734 e. The lowest BCUT2D eigenvalue weighted by atomic mass is 9.52. The third kappa shape index (κ3) is 2.64. The SMILES string of the molecule is Cc1cccc2c1-c1ccc3c(sc4ccccc43)c1C21c2ccccc2C2(c3ccccc3-c3ccccc32)c2ccccc21. The highest BCUT2D eigenvalue weighted by Gasteiger charge is 2.59. The lowest BCUT2D eigenvalue weighted by Crippen LogP contribution is -2.43. The number of hydrogen-bond acceptors (Lipinski definition) is 1. The Hall–Kier alpha value is -5.24. The molecule has 0 saturated heterocycles. The third-order valence-corrected chi connectivity index (χ3v) is 12.5. The molecule has 3 aliphatic carbocycles. The standard InChI is InChI=1S/C45H28S/c1-27-13-12-23-39-41(27)32-26-25-31-30-16-4-11-24-40(30)46-43(31)42(32)45(39)37-21-9-7-19-35(37)44(36-20-8-10-22-38(36)45)33-17-5-2-14-28(33)29-15-3-6-18-34(29)44/h2-26H,1H3. The molecular weight excluding hydrogens is 573 g/mol. The van der Waals surface area contributed by atoms with Crippen molar-refractivity contribution in [2.45, 2.75) is 17.8 Å². The maximum Gasteiger partial charge on any atom is 0.0734 e. The molecule has 0 amide bonds. The van der Waals surface area contributed by atoms with Crippen molar-refractivity contribution in [2.75, 3.05) is 0 Å². The van der Waals surface area contributed by atoms with Gasteiger partial charge in [0.2, 0.25) is 0 Å². The van der Waals surface area contributed by atoms with Crippen molar-refractivity contribution in [1.29, 1.82) is 0 Å². The summed E-state index contributed by atoms with van der Waals surface area (Å²) in [5.41, 5.74) is 17.1. The van der Waals surface area contributed by atoms with E-state index < -0.39 is 10.8 Å². The second-order valence-corrected chi connectivity index (χ2v) is 14.2. The number of aryl methyl sites for hydroxylation is 1. The van der Waals surface area contributed by atoms with E-state index in [0.29, 0.717) is 0 Å². The summed E-state index contributed by atoms with van der Waals surface area (Å²) in [6, 6.07) is 57.8. The molecule has 1 heteroatoms. The predicted octanol–water partition coefficient (Wildman–Crippen LogP) is 11.4. The fraction of sp³-hybridized carbons (Fsp3) is 0.0667. The van der Waals surface area contributed by atoms with Crippen LogP contribution in [0.1, 0.15) is 50.1 Å². The van der Waals surface area contributed by atoms with Crippen LogP contribution in [0, 0.1) is 6.92 Å². The predicted molar refractivity (Wildman–Crippen MR) is 192 cm³/mol. The van der Waals surface area contributed by atoms with E-state index in [0.717, 1.165) is 0 Å². The minimum absolute atomic E-state index is 0.410. The summed E-state index contributed by atoms with van der Waals surface area (Å²) in [4.78, 5) is 0. The van der Waals surface area contributed by atoms with Gasteiger partial charge in [0.15, 0.2) is 0 Å². The summed E-state index contributed by atoms with van der Waals surface area (Å²) in [5, 5.41) is 2.71. The van der Waals surface area contributed by atoms with Gasteiger partial charge in [0, 0.05) is 20.2 Å². The number of fused-ring (bicyclic) bond motifs is 20. The monoisotopic (exact) mass is 600 g/mol. The summed E-state index contributed by atoms with van der Waals surface area (Å²) >= 11 is 1.96. The van der Waals surface area contributed by atoms with Gasteiger partial charge in [-0.25, -0.2) is 0 Å². The van der Waals surface area contributed by atoms with Gasteiger partial charge in [-0.1, -0.05) is 146 Å². The van der Waals surface area contributed by atoms with E-state index >= 15 is 0 Å². The van der Waals surface area contributed by atoms with Crippen LogP contribution in [0.15, 0.2) is 152 Å². The molecule has 214 valence electrons. The third-order valence-electron chi connectivity index (χ3n) is 11.3. The first-order valence-corrected chi connectivity index (χ1v) is 17.0. The molecular formula is C45H28S. The molecule has 7 aromatic carbocycles. The summed E-state index contributed by atoms with van der Waals surface area (Å²) in [5.74, 6) is 0. The molecule has 0 saturated carbocycles. The van der Waals surface area contributed by atoms with Gasteiger partial charge >= 0.3 is 0 Å². The number of hydrogen-bond donors (Lipinski definition) is 0. The Kier molecular flexibility index (Phi) is 4.63. The molecule has 3 aliphatic rings. The molecule has 0 N–H and O–H groups in total. The number of rotatable bonds is 0. The fourth-order valence-electron chi connectivity index (χ4n) is 9.78. The number of thiophene rings is 1. The van der Waals surface area contributed by atoms with Crippen molar-refractivity contribution >= 4 is 31.5 Å². The highest BCUT2D eigenvalue weighted by atomic mass is 32.1. The van der Waals surface area contributed by atoms with E-state index in [-0.39, 0.29) is 0 Å². The van der Waals surface area contributed by atoms with Crippen LogP contribution in [0.25, 0.3) is 42.4 Å². The van der Waals surface area contributed by atoms with E-state index in [9.17, 15) is 0 Å². The van der Waals surface area contributed by atoms with Crippen molar-refractivity contribution in [3.05, 3.63) is 202 Å². The summed E-state index contributed by atoms with van der Waals surface area (Å²) in [7, 11) is 0. The molecule has 0 bridgehead atoms. The first kappa shape index (κ1) is 25.0. The quantitative estimate of drug-likeness (QED) is 0.162. The molecule has 46 heavy (non-hydrogen) atoms. The zero-order chi connectivity index (χ0) is 30.2. The molecule has 2 spiro atoms. The molecule has 0 fully saturated rings. The summed E-state index contributed by atoms with van der Waals surface area (Å²) in [6.45, 7) is 2.29. The first-order valence-electron chi connectivity index (χ1n) is 16.2. The Morgan fingerprint density at radius 3 is 1.57 bits per heavy atom. The van der Waals surface area contributed by atoms with Crippen molar-refractivity contribution in [2.24, 2.45) is 0 Å².